The van der Waals surface area contributed by atoms with Crippen LogP contribution < -0.4 is 0 Å². The molecule has 8 heteroatoms. The van der Waals surface area contributed by atoms with Gasteiger partial charge in [0.1, 0.15) is 0 Å². The molecule has 0 radical (unpaired) electrons. The van der Waals surface area contributed by atoms with Gasteiger partial charge in [-0.2, -0.15) is 0 Å². The molecule has 0 aliphatic rings. The molecular formula is C93H58N8. The number of nitrogens with zero attached hydrogens (tertiary/aromatic N) is 8. The summed E-state index contributed by atoms with van der Waals surface area (Å²) >= 11 is 0. The van der Waals surface area contributed by atoms with E-state index in [9.17, 15) is 0 Å². The SMILES string of the molecule is c1ccc(-c2nc(-c3ccccc3)nc(-c3cc(-n4c5ccccc5c5ccccc54)c(-n4c5ccc(-c6ccc7c(c6)c6ccccc6n7-c6ccccc6)cc5c5cc(-c6ccc7c(c6)c6ccccc6n7-c6ccccc6)ccc54)c(-n4c5ccccc5c5ccccc54)c3)n2)cc1. The molecule has 6 heterocycles. The molecule has 0 aliphatic heterocycles. The Morgan fingerprint density at radius 1 is 0.158 bits per heavy atom. The van der Waals surface area contributed by atoms with Crippen LogP contribution in [0.25, 0.3) is 194 Å². The van der Waals surface area contributed by atoms with Gasteiger partial charge in [0.25, 0.3) is 0 Å². The normalized spacial score (nSPS) is 12.0. The Morgan fingerprint density at radius 2 is 0.396 bits per heavy atom. The lowest BCUT2D eigenvalue weighted by atomic mass is 9.98. The van der Waals surface area contributed by atoms with Crippen LogP contribution in [0, 0.1) is 0 Å². The number of rotatable bonds is 10. The lowest BCUT2D eigenvalue weighted by molar-refractivity contribution is 1.04. The van der Waals surface area contributed by atoms with Gasteiger partial charge in [0.2, 0.25) is 0 Å². The third-order valence-electron chi connectivity index (χ3n) is 20.7. The summed E-state index contributed by atoms with van der Waals surface area (Å²) in [6.07, 6.45) is 0. The van der Waals surface area contributed by atoms with Crippen LogP contribution in [-0.4, -0.2) is 37.8 Å². The Bertz CT molecular complexity index is 6420. The van der Waals surface area contributed by atoms with Gasteiger partial charge in [0.05, 0.1) is 72.2 Å². The lowest BCUT2D eigenvalue weighted by Crippen LogP contribution is -2.10. The number of para-hydroxylation sites is 8. The maximum atomic E-state index is 5.52. The maximum Gasteiger partial charge on any atom is 0.164 e. The molecule has 0 saturated carbocycles. The fourth-order valence-corrected chi connectivity index (χ4v) is 16.2. The second-order valence-electron chi connectivity index (χ2n) is 26.3. The zero-order chi connectivity index (χ0) is 66.2. The first-order chi connectivity index (χ1) is 50.1. The summed E-state index contributed by atoms with van der Waals surface area (Å²) in [7, 11) is 0. The van der Waals surface area contributed by atoms with Crippen molar-refractivity contribution in [1.82, 2.24) is 37.8 Å². The molecule has 0 N–H and O–H groups in total. The van der Waals surface area contributed by atoms with Crippen molar-refractivity contribution < 1.29 is 0 Å². The van der Waals surface area contributed by atoms with E-state index in [4.69, 9.17) is 15.0 Å². The first kappa shape index (κ1) is 56.5. The van der Waals surface area contributed by atoms with Crippen LogP contribution in [0.1, 0.15) is 0 Å². The van der Waals surface area contributed by atoms with E-state index in [1.165, 1.54) is 32.6 Å². The highest BCUT2D eigenvalue weighted by Crippen LogP contribution is 2.47. The van der Waals surface area contributed by atoms with E-state index >= 15 is 0 Å². The molecule has 0 bridgehead atoms. The number of aromatic nitrogens is 8. The van der Waals surface area contributed by atoms with E-state index < -0.39 is 0 Å². The minimum Gasteiger partial charge on any atom is -0.309 e. The minimum absolute atomic E-state index is 0.553. The van der Waals surface area contributed by atoms with Crippen LogP contribution in [0.3, 0.4) is 0 Å². The van der Waals surface area contributed by atoms with Crippen LogP contribution >= 0.6 is 0 Å². The summed E-state index contributed by atoms with van der Waals surface area (Å²) < 4.78 is 12.3. The summed E-state index contributed by atoms with van der Waals surface area (Å²) in [6, 6.07) is 128. The van der Waals surface area contributed by atoms with Crippen LogP contribution in [0.15, 0.2) is 352 Å². The van der Waals surface area contributed by atoms with Crippen molar-refractivity contribution in [3.05, 3.63) is 352 Å². The molecule has 21 aromatic rings. The summed E-state index contributed by atoms with van der Waals surface area (Å²) in [6.45, 7) is 0. The van der Waals surface area contributed by atoms with Gasteiger partial charge < -0.3 is 22.8 Å². The molecular weight excluding hydrogens is 1230 g/mol. The van der Waals surface area contributed by atoms with Gasteiger partial charge in [-0.15, -0.1) is 0 Å². The number of benzene rings is 15. The average molecular weight is 1290 g/mol. The molecule has 0 spiro atoms. The fraction of sp³-hybridized carbons (Fsp3) is 0. The van der Waals surface area contributed by atoms with Crippen molar-refractivity contribution in [3.63, 3.8) is 0 Å². The Morgan fingerprint density at radius 3 is 0.723 bits per heavy atom. The second-order valence-corrected chi connectivity index (χ2v) is 26.3. The van der Waals surface area contributed by atoms with Crippen molar-refractivity contribution in [3.8, 4) is 84.9 Å². The fourth-order valence-electron chi connectivity index (χ4n) is 16.2. The van der Waals surface area contributed by atoms with Crippen LogP contribution in [0.4, 0.5) is 0 Å². The van der Waals surface area contributed by atoms with Crippen LogP contribution in [0.2, 0.25) is 0 Å². The molecule has 0 amide bonds. The van der Waals surface area contributed by atoms with E-state index in [1.807, 2.05) is 36.4 Å². The van der Waals surface area contributed by atoms with Gasteiger partial charge >= 0.3 is 0 Å². The standard InChI is InChI=1S/C93H58N8/c1-5-25-59(26-6-1)91-94-92(60-27-7-2-8-28-60)96-93(95-91)65-57-88(99-80-41-21-13-33-68(80)69-34-14-22-42-81(69)99)90(89(58-65)100-82-43-23-15-35-70(82)71-36-16-24-44-83(71)100)101-86-51-47-63(61-45-49-84-74(53-61)72-37-17-19-39-78(72)97(84)66-29-9-3-10-30-66)55-76(86)77-56-64(48-52-87(77)101)62-46-50-85-75(54-62)73-38-18-20-40-79(73)98(85)67-31-11-4-12-32-67/h1-58H. The van der Waals surface area contributed by atoms with E-state index in [2.05, 4.69) is 338 Å². The predicted molar refractivity (Wildman–Crippen MR) is 419 cm³/mol. The molecule has 0 unspecified atom stereocenters. The molecule has 101 heavy (non-hydrogen) atoms. The molecule has 0 fully saturated rings. The van der Waals surface area contributed by atoms with Crippen molar-refractivity contribution >= 4 is 109 Å². The largest absolute Gasteiger partial charge is 0.309 e. The number of hydrogen-bond donors (Lipinski definition) is 0. The van der Waals surface area contributed by atoms with Gasteiger partial charge in [0.15, 0.2) is 17.5 Å². The highest BCUT2D eigenvalue weighted by molar-refractivity contribution is 6.17. The Balaban J connectivity index is 0.895. The van der Waals surface area contributed by atoms with Crippen molar-refractivity contribution in [2.75, 3.05) is 0 Å². The highest BCUT2D eigenvalue weighted by Gasteiger charge is 2.29. The van der Waals surface area contributed by atoms with Crippen molar-refractivity contribution in [2.24, 2.45) is 0 Å². The summed E-state index contributed by atoms with van der Waals surface area (Å²) in [4.78, 5) is 16.3. The third kappa shape index (κ3) is 8.78. The van der Waals surface area contributed by atoms with Crippen molar-refractivity contribution in [2.45, 2.75) is 0 Å². The molecule has 15 aromatic carbocycles. The monoisotopic (exact) mass is 1290 g/mol. The van der Waals surface area contributed by atoms with Gasteiger partial charge in [-0.25, -0.2) is 15.0 Å². The molecule has 0 aliphatic carbocycles. The van der Waals surface area contributed by atoms with Crippen molar-refractivity contribution in [1.29, 1.82) is 0 Å². The molecule has 470 valence electrons. The Kier molecular flexibility index (Phi) is 12.5. The smallest absolute Gasteiger partial charge is 0.164 e. The van der Waals surface area contributed by atoms with Gasteiger partial charge in [-0.1, -0.05) is 231 Å². The van der Waals surface area contributed by atoms with E-state index in [0.717, 1.165) is 144 Å². The van der Waals surface area contributed by atoms with Gasteiger partial charge in [0, 0.05) is 81.9 Å². The molecule has 6 aromatic heterocycles. The van der Waals surface area contributed by atoms with Gasteiger partial charge in [-0.05, 0) is 144 Å². The van der Waals surface area contributed by atoms with E-state index in [0.29, 0.717) is 17.5 Å². The first-order valence-electron chi connectivity index (χ1n) is 34.4. The van der Waals surface area contributed by atoms with Crippen LogP contribution in [0.5, 0.6) is 0 Å². The topological polar surface area (TPSA) is 63.3 Å². The Labute approximate surface area is 580 Å². The van der Waals surface area contributed by atoms with E-state index in [-0.39, 0.29) is 0 Å². The summed E-state index contributed by atoms with van der Waals surface area (Å²) in [5.74, 6) is 1.73. The van der Waals surface area contributed by atoms with E-state index in [1.54, 1.807) is 0 Å². The predicted octanol–water partition coefficient (Wildman–Crippen LogP) is 23.7. The number of fused-ring (bicyclic) bond motifs is 15. The summed E-state index contributed by atoms with van der Waals surface area (Å²) in [5, 5.41) is 11.7. The second kappa shape index (κ2) is 22.4. The van der Waals surface area contributed by atoms with Crippen LogP contribution in [-0.2, 0) is 0 Å². The Hall–Kier alpha value is -13.7. The molecule has 8 nitrogen and oxygen atoms in total. The number of hydrogen-bond acceptors (Lipinski definition) is 3. The van der Waals surface area contributed by atoms with Gasteiger partial charge in [-0.3, -0.25) is 0 Å². The third-order valence-corrected chi connectivity index (χ3v) is 20.7. The zero-order valence-electron chi connectivity index (χ0n) is 54.6. The zero-order valence-corrected chi connectivity index (χ0v) is 54.6. The average Bonchev–Trinajstić information content (AvgIpc) is 1.59. The highest BCUT2D eigenvalue weighted by atomic mass is 15.1. The first-order valence-corrected chi connectivity index (χ1v) is 34.4. The summed E-state index contributed by atoms with van der Waals surface area (Å²) in [5.41, 5.74) is 23.4. The quantitative estimate of drug-likeness (QED) is 0.137. The molecule has 21 rings (SSSR count). The minimum atomic E-state index is 0.553. The molecule has 0 atom stereocenters. The maximum absolute atomic E-state index is 5.52. The molecule has 0 saturated heterocycles. The lowest BCUT2D eigenvalue weighted by Gasteiger charge is -2.23.